The maximum Gasteiger partial charge on any atom is 0.274 e. The molecule has 2 heterocycles. The maximum absolute atomic E-state index is 11.9. The summed E-state index contributed by atoms with van der Waals surface area (Å²) in [6.07, 6.45) is 0.315. The van der Waals surface area contributed by atoms with Gasteiger partial charge in [-0.3, -0.25) is 9.78 Å². The van der Waals surface area contributed by atoms with Gasteiger partial charge in [0, 0.05) is 12.1 Å². The van der Waals surface area contributed by atoms with Crippen molar-refractivity contribution >= 4 is 17.4 Å². The largest absolute Gasteiger partial charge is 0.398 e. The first-order valence-corrected chi connectivity index (χ1v) is 5.58. The fraction of sp³-hybridized carbons (Fsp3) is 0.0909. The number of nitrogen functional groups attached to an aromatic ring is 2. The first-order chi connectivity index (χ1) is 9.15. The smallest absolute Gasteiger partial charge is 0.274 e. The number of benzene rings is 1. The Balaban J connectivity index is 2.10. The molecular weight excluding hydrogens is 246 g/mol. The first kappa shape index (κ1) is 11.2. The Morgan fingerprint density at radius 1 is 1.21 bits per heavy atom. The molecule has 0 spiro atoms. The van der Waals surface area contributed by atoms with Gasteiger partial charge in [-0.15, -0.1) is 10.2 Å². The molecule has 3 aromatic rings. The highest BCUT2D eigenvalue weighted by Crippen LogP contribution is 2.13. The van der Waals surface area contributed by atoms with Gasteiger partial charge in [0.25, 0.3) is 11.3 Å². The van der Waals surface area contributed by atoms with Gasteiger partial charge in [0.15, 0.2) is 0 Å². The minimum absolute atomic E-state index is 0.119. The van der Waals surface area contributed by atoms with E-state index in [0.717, 1.165) is 5.56 Å². The van der Waals surface area contributed by atoms with Crippen LogP contribution in [0.3, 0.4) is 0 Å². The Labute approximate surface area is 107 Å². The van der Waals surface area contributed by atoms with Crippen molar-refractivity contribution in [2.45, 2.75) is 6.42 Å². The van der Waals surface area contributed by atoms with E-state index in [-0.39, 0.29) is 17.3 Å². The Hall–Kier alpha value is -2.90. The van der Waals surface area contributed by atoms with Gasteiger partial charge < -0.3 is 11.5 Å². The average molecular weight is 257 g/mol. The third kappa shape index (κ3) is 1.88. The number of aromatic nitrogens is 5. The number of nitrogens with one attached hydrogen (secondary N) is 1. The van der Waals surface area contributed by atoms with Crippen molar-refractivity contribution < 1.29 is 0 Å². The van der Waals surface area contributed by atoms with E-state index in [0.29, 0.717) is 17.8 Å². The van der Waals surface area contributed by atoms with Crippen LogP contribution >= 0.6 is 0 Å². The number of H-pyrrole nitrogens is 1. The molecule has 0 bridgehead atoms. The Morgan fingerprint density at radius 2 is 2.00 bits per heavy atom. The van der Waals surface area contributed by atoms with Crippen LogP contribution in [0.4, 0.5) is 11.6 Å². The molecule has 0 radical (unpaired) electrons. The van der Waals surface area contributed by atoms with E-state index in [1.54, 1.807) is 6.07 Å². The topological polar surface area (TPSA) is 128 Å². The van der Waals surface area contributed by atoms with Crippen LogP contribution < -0.4 is 17.0 Å². The predicted molar refractivity (Wildman–Crippen MR) is 69.5 cm³/mol. The Kier molecular flexibility index (Phi) is 2.41. The molecule has 8 nitrogen and oxygen atoms in total. The summed E-state index contributed by atoms with van der Waals surface area (Å²) in [4.78, 5) is 14.4. The number of nitrogens with zero attached hydrogens (tertiary/aromatic N) is 4. The molecule has 0 aliphatic rings. The molecule has 19 heavy (non-hydrogen) atoms. The summed E-state index contributed by atoms with van der Waals surface area (Å²) in [5, 5.41) is 11.5. The summed E-state index contributed by atoms with van der Waals surface area (Å²) in [6, 6.07) is 7.30. The van der Waals surface area contributed by atoms with Gasteiger partial charge in [-0.2, -0.15) is 9.61 Å². The lowest BCUT2D eigenvalue weighted by atomic mass is 10.1. The highest BCUT2D eigenvalue weighted by molar-refractivity contribution is 5.48. The van der Waals surface area contributed by atoms with Crippen molar-refractivity contribution in [3.8, 4) is 0 Å². The standard InChI is InChI=1S/C11H11N7O/c12-7-4-2-1-3-6(7)5-8-9(19)14-11-16-15-10(13)18(11)17-8/h1-4H,5,12H2,(H2,13,15)(H,14,16,19). The van der Waals surface area contributed by atoms with Gasteiger partial charge in [-0.25, -0.2) is 0 Å². The summed E-state index contributed by atoms with van der Waals surface area (Å²) < 4.78 is 1.29. The number of hydrogen-bond donors (Lipinski definition) is 3. The van der Waals surface area contributed by atoms with Gasteiger partial charge in [0.05, 0.1) is 0 Å². The molecule has 1 aromatic carbocycles. The van der Waals surface area contributed by atoms with Crippen LogP contribution in [-0.4, -0.2) is 24.8 Å². The van der Waals surface area contributed by atoms with Crippen LogP contribution in [0.25, 0.3) is 5.78 Å². The fourth-order valence-corrected chi connectivity index (χ4v) is 1.80. The summed E-state index contributed by atoms with van der Waals surface area (Å²) in [6.45, 7) is 0. The Morgan fingerprint density at radius 3 is 2.79 bits per heavy atom. The molecule has 0 unspecified atom stereocenters. The van der Waals surface area contributed by atoms with E-state index < -0.39 is 0 Å². The van der Waals surface area contributed by atoms with E-state index in [1.165, 1.54) is 4.52 Å². The van der Waals surface area contributed by atoms with Gasteiger partial charge >= 0.3 is 0 Å². The zero-order chi connectivity index (χ0) is 13.4. The fourth-order valence-electron chi connectivity index (χ4n) is 1.80. The normalized spacial score (nSPS) is 10.9. The average Bonchev–Trinajstić information content (AvgIpc) is 2.74. The third-order valence-electron chi connectivity index (χ3n) is 2.79. The molecule has 2 aromatic heterocycles. The second-order valence-electron chi connectivity index (χ2n) is 4.07. The minimum atomic E-state index is -0.330. The summed E-state index contributed by atoms with van der Waals surface area (Å²) >= 11 is 0. The van der Waals surface area contributed by atoms with Gasteiger partial charge in [-0.1, -0.05) is 18.2 Å². The summed E-state index contributed by atoms with van der Waals surface area (Å²) in [7, 11) is 0. The van der Waals surface area contributed by atoms with E-state index in [4.69, 9.17) is 11.5 Å². The minimum Gasteiger partial charge on any atom is -0.398 e. The van der Waals surface area contributed by atoms with Crippen molar-refractivity contribution in [2.75, 3.05) is 11.5 Å². The van der Waals surface area contributed by atoms with Crippen LogP contribution in [0.5, 0.6) is 0 Å². The van der Waals surface area contributed by atoms with Gasteiger partial charge in [0.1, 0.15) is 5.69 Å². The zero-order valence-electron chi connectivity index (χ0n) is 9.87. The van der Waals surface area contributed by atoms with E-state index in [1.807, 2.05) is 18.2 Å². The molecule has 0 atom stereocenters. The van der Waals surface area contributed by atoms with Crippen molar-refractivity contribution in [3.63, 3.8) is 0 Å². The number of rotatable bonds is 2. The van der Waals surface area contributed by atoms with Crippen molar-refractivity contribution in [1.82, 2.24) is 24.8 Å². The predicted octanol–water partition coefficient (Wildman–Crippen LogP) is -0.432. The molecule has 5 N–H and O–H groups in total. The number of fused-ring (bicyclic) bond motifs is 1. The highest BCUT2D eigenvalue weighted by Gasteiger charge is 2.10. The van der Waals surface area contributed by atoms with Gasteiger partial charge in [0.2, 0.25) is 5.95 Å². The third-order valence-corrected chi connectivity index (χ3v) is 2.79. The first-order valence-electron chi connectivity index (χ1n) is 5.58. The number of nitrogens with two attached hydrogens (primary N) is 2. The number of anilines is 2. The molecule has 3 rings (SSSR count). The van der Waals surface area contributed by atoms with Crippen molar-refractivity contribution in [3.05, 3.63) is 45.9 Å². The Bertz CT molecular complexity index is 804. The van der Waals surface area contributed by atoms with E-state index >= 15 is 0 Å². The molecule has 0 saturated heterocycles. The van der Waals surface area contributed by atoms with Crippen molar-refractivity contribution in [2.24, 2.45) is 0 Å². The lowest BCUT2D eigenvalue weighted by molar-refractivity contribution is 0.831. The molecule has 0 fully saturated rings. The molecule has 8 heteroatoms. The summed E-state index contributed by atoms with van der Waals surface area (Å²) in [5.74, 6) is 0.334. The lowest BCUT2D eigenvalue weighted by Gasteiger charge is -2.04. The monoisotopic (exact) mass is 257 g/mol. The summed E-state index contributed by atoms with van der Waals surface area (Å²) in [5.41, 5.74) is 12.9. The van der Waals surface area contributed by atoms with E-state index in [9.17, 15) is 4.79 Å². The van der Waals surface area contributed by atoms with Crippen LogP contribution in [0.2, 0.25) is 0 Å². The highest BCUT2D eigenvalue weighted by atomic mass is 16.1. The molecule has 0 aliphatic carbocycles. The second-order valence-corrected chi connectivity index (χ2v) is 4.07. The number of hydrogen-bond acceptors (Lipinski definition) is 6. The number of aromatic amines is 1. The quantitative estimate of drug-likeness (QED) is 0.534. The number of para-hydroxylation sites is 1. The van der Waals surface area contributed by atoms with Gasteiger partial charge in [-0.05, 0) is 11.6 Å². The SMILES string of the molecule is Nc1ccccc1Cc1nn2c(N)nnc2[nH]c1=O. The lowest BCUT2D eigenvalue weighted by Crippen LogP contribution is -2.19. The zero-order valence-corrected chi connectivity index (χ0v) is 9.87. The van der Waals surface area contributed by atoms with E-state index in [2.05, 4.69) is 20.3 Å². The van der Waals surface area contributed by atoms with Crippen LogP contribution in [-0.2, 0) is 6.42 Å². The second kappa shape index (κ2) is 4.09. The molecule has 96 valence electrons. The molecule has 0 saturated carbocycles. The maximum atomic E-state index is 11.9. The van der Waals surface area contributed by atoms with Crippen LogP contribution in [0.1, 0.15) is 11.3 Å². The van der Waals surface area contributed by atoms with Crippen LogP contribution in [0.15, 0.2) is 29.1 Å². The van der Waals surface area contributed by atoms with Crippen molar-refractivity contribution in [1.29, 1.82) is 0 Å². The molecular formula is C11H11N7O. The van der Waals surface area contributed by atoms with Crippen LogP contribution in [0, 0.1) is 0 Å². The molecule has 0 aliphatic heterocycles. The molecule has 0 amide bonds.